The summed E-state index contributed by atoms with van der Waals surface area (Å²) in [6.07, 6.45) is 0.432. The van der Waals surface area contributed by atoms with Crippen LogP contribution in [0.1, 0.15) is 0 Å². The Labute approximate surface area is 130 Å². The van der Waals surface area contributed by atoms with E-state index in [4.69, 9.17) is 9.79 Å². The van der Waals surface area contributed by atoms with Gasteiger partial charge < -0.3 is 9.79 Å². The van der Waals surface area contributed by atoms with Crippen LogP contribution in [0.25, 0.3) is 0 Å². The van der Waals surface area contributed by atoms with Crippen molar-refractivity contribution < 1.29 is 14.4 Å². The van der Waals surface area contributed by atoms with Gasteiger partial charge in [0.15, 0.2) is 0 Å². The van der Waals surface area contributed by atoms with Crippen LogP contribution < -0.4 is 0 Å². The van der Waals surface area contributed by atoms with Crippen LogP contribution in [0.15, 0.2) is 0 Å². The molecule has 0 aliphatic rings. The van der Waals surface area contributed by atoms with Gasteiger partial charge >= 0.3 is 96.3 Å². The molecule has 3 nitrogen and oxygen atoms in total. The Morgan fingerprint density at radius 3 is 1.50 bits per heavy atom. The Hall–Kier alpha value is 3.58. The predicted molar refractivity (Wildman–Crippen MR) is 52.9 cm³/mol. The minimum absolute atomic E-state index is 0. The summed E-state index contributed by atoms with van der Waals surface area (Å²) >= 11 is 0. The molecule has 0 heterocycles. The van der Waals surface area contributed by atoms with E-state index in [1.165, 1.54) is 0 Å². The fraction of sp³-hybridized carbons (Fsp3) is 1.00. The van der Waals surface area contributed by atoms with Crippen molar-refractivity contribution >= 4 is 106 Å². The van der Waals surface area contributed by atoms with Crippen LogP contribution in [0.2, 0.25) is 0 Å². The van der Waals surface area contributed by atoms with Crippen molar-refractivity contribution in [2.75, 3.05) is 12.3 Å². The summed E-state index contributed by atoms with van der Waals surface area (Å²) < 4.78 is 9.91. The van der Waals surface area contributed by atoms with Crippen LogP contribution in [0, 0.1) is 0 Å². The minimum atomic E-state index is -3.69. The zero-order chi connectivity index (χ0) is 5.91. The van der Waals surface area contributed by atoms with Crippen LogP contribution in [0.3, 0.4) is 0 Å². The third-order valence-electron chi connectivity index (χ3n) is 0.420. The first kappa shape index (κ1) is 23.4. The van der Waals surface area contributed by atoms with Crippen LogP contribution in [0.4, 0.5) is 0 Å². The van der Waals surface area contributed by atoms with E-state index in [1.54, 1.807) is 0 Å². The molecule has 0 fully saturated rings. The molecule has 1 atom stereocenters. The standard InChI is InChI=1S/C2H8O3P2.3Na.3H/c3-7(4,5)2-1-6;;;;;;/h1-2,6H2,(H2,3,4,5);;;;;;. The maximum atomic E-state index is 9.91. The van der Waals surface area contributed by atoms with E-state index in [2.05, 4.69) is 9.24 Å². The van der Waals surface area contributed by atoms with Crippen LogP contribution in [-0.2, 0) is 4.57 Å². The predicted octanol–water partition coefficient (Wildman–Crippen LogP) is -1.91. The summed E-state index contributed by atoms with van der Waals surface area (Å²) in [5.41, 5.74) is 0. The molecule has 10 heavy (non-hydrogen) atoms. The van der Waals surface area contributed by atoms with Gasteiger partial charge in [-0.25, -0.2) is 0 Å². The first-order valence-electron chi connectivity index (χ1n) is 1.81. The maximum absolute atomic E-state index is 9.91. The Bertz CT molecular complexity index is 93.7. The normalized spacial score (nSPS) is 8.30. The van der Waals surface area contributed by atoms with E-state index < -0.39 is 7.60 Å². The molecule has 0 aromatic heterocycles. The second-order valence-corrected chi connectivity index (χ2v) is 3.53. The molecule has 0 aliphatic carbocycles. The summed E-state index contributed by atoms with van der Waals surface area (Å²) in [7, 11) is -1.44. The van der Waals surface area contributed by atoms with Gasteiger partial charge in [0.2, 0.25) is 0 Å². The molecule has 2 N–H and O–H groups in total. The molecule has 0 amide bonds. The number of rotatable bonds is 2. The Balaban J connectivity index is -0.0000000600. The second kappa shape index (κ2) is 12.6. The number of hydrogen-bond acceptors (Lipinski definition) is 1. The van der Waals surface area contributed by atoms with Gasteiger partial charge in [0.25, 0.3) is 0 Å². The van der Waals surface area contributed by atoms with E-state index in [0.717, 1.165) is 0 Å². The average molecular weight is 214 g/mol. The van der Waals surface area contributed by atoms with E-state index >= 15 is 0 Å². The summed E-state index contributed by atoms with van der Waals surface area (Å²) in [5, 5.41) is 0. The first-order valence-corrected chi connectivity index (χ1v) is 4.42. The Morgan fingerprint density at radius 2 is 1.50 bits per heavy atom. The van der Waals surface area contributed by atoms with E-state index in [0.29, 0.717) is 6.16 Å². The van der Waals surface area contributed by atoms with Crippen LogP contribution in [0.5, 0.6) is 0 Å². The molecule has 0 radical (unpaired) electrons. The molecule has 8 heteroatoms. The van der Waals surface area contributed by atoms with Crippen molar-refractivity contribution in [2.45, 2.75) is 0 Å². The van der Waals surface area contributed by atoms with Crippen molar-refractivity contribution in [1.82, 2.24) is 0 Å². The molecular weight excluding hydrogens is 203 g/mol. The quantitative estimate of drug-likeness (QED) is 0.416. The first-order chi connectivity index (χ1) is 3.06. The van der Waals surface area contributed by atoms with Gasteiger partial charge in [-0.2, -0.15) is 0 Å². The summed E-state index contributed by atoms with van der Waals surface area (Å²) in [6.45, 7) is 0. The topological polar surface area (TPSA) is 57.5 Å². The molecule has 50 valence electrons. The fourth-order valence-electron chi connectivity index (χ4n) is 0.168. The average Bonchev–Trinajstić information content (AvgIpc) is 1.30. The number of hydrogen-bond donors (Lipinski definition) is 2. The summed E-state index contributed by atoms with van der Waals surface area (Å²) in [5.74, 6) is 0. The summed E-state index contributed by atoms with van der Waals surface area (Å²) in [6, 6.07) is 0. The van der Waals surface area contributed by atoms with Gasteiger partial charge in [-0.1, -0.05) is 0 Å². The third-order valence-corrected chi connectivity index (χ3v) is 2.04. The van der Waals surface area contributed by atoms with Gasteiger partial charge in [0, 0.05) is 0 Å². The molecule has 0 saturated carbocycles. The van der Waals surface area contributed by atoms with Gasteiger partial charge in [-0.3, -0.25) is 4.57 Å². The van der Waals surface area contributed by atoms with Crippen molar-refractivity contribution in [3.8, 4) is 0 Å². The zero-order valence-corrected chi connectivity index (χ0v) is 5.79. The fourth-order valence-corrected chi connectivity index (χ4v) is 1.51. The van der Waals surface area contributed by atoms with Crippen molar-refractivity contribution in [3.63, 3.8) is 0 Å². The van der Waals surface area contributed by atoms with Gasteiger partial charge in [0.05, 0.1) is 6.16 Å². The van der Waals surface area contributed by atoms with E-state index in [1.807, 2.05) is 0 Å². The van der Waals surface area contributed by atoms with Crippen LogP contribution in [-0.4, -0.2) is 111 Å². The molecule has 0 bridgehead atoms. The van der Waals surface area contributed by atoms with Gasteiger partial charge in [-0.05, 0) is 6.16 Å². The molecule has 0 aromatic rings. The van der Waals surface area contributed by atoms with Crippen molar-refractivity contribution in [3.05, 3.63) is 0 Å². The molecule has 0 aromatic carbocycles. The third kappa shape index (κ3) is 22.6. The molecule has 0 saturated heterocycles. The SMILES string of the molecule is O=P(O)(O)CCP.[NaH].[NaH].[NaH]. The second-order valence-electron chi connectivity index (χ2n) is 1.18. The van der Waals surface area contributed by atoms with Crippen molar-refractivity contribution in [2.24, 2.45) is 0 Å². The zero-order valence-electron chi connectivity index (χ0n) is 3.74. The molecule has 0 aliphatic heterocycles. The van der Waals surface area contributed by atoms with E-state index in [9.17, 15) is 4.57 Å². The van der Waals surface area contributed by atoms with Crippen LogP contribution >= 0.6 is 16.8 Å². The molecule has 0 spiro atoms. The molecular formula is C2H11Na3O3P2. The molecule has 0 rings (SSSR count). The Morgan fingerprint density at radius 1 is 1.20 bits per heavy atom. The van der Waals surface area contributed by atoms with Gasteiger partial charge in [-0.15, -0.1) is 9.24 Å². The molecule has 1 unspecified atom stereocenters. The summed E-state index contributed by atoms with van der Waals surface area (Å²) in [4.78, 5) is 16.2. The monoisotopic (exact) mass is 214 g/mol. The van der Waals surface area contributed by atoms with Crippen molar-refractivity contribution in [1.29, 1.82) is 0 Å². The van der Waals surface area contributed by atoms with Gasteiger partial charge in [0.1, 0.15) is 0 Å². The Kier molecular flexibility index (Phi) is 29.5. The van der Waals surface area contributed by atoms with E-state index in [-0.39, 0.29) is 94.8 Å².